The summed E-state index contributed by atoms with van der Waals surface area (Å²) in [7, 11) is 1.49. The average molecular weight is 275 g/mol. The number of nitrogens with zero attached hydrogens (tertiary/aromatic N) is 2. The molecule has 0 atom stereocenters. The first-order valence-electron chi connectivity index (χ1n) is 6.20. The highest BCUT2D eigenvalue weighted by Gasteiger charge is 2.27. The highest BCUT2D eigenvalue weighted by atomic mass is 16.5. The van der Waals surface area contributed by atoms with Crippen molar-refractivity contribution in [1.82, 2.24) is 10.2 Å². The Hall–Kier alpha value is -2.21. The van der Waals surface area contributed by atoms with Gasteiger partial charge in [-0.15, -0.1) is 10.2 Å². The number of aromatic nitrogens is 2. The highest BCUT2D eigenvalue weighted by Crippen LogP contribution is 2.27. The van der Waals surface area contributed by atoms with Crippen LogP contribution in [-0.4, -0.2) is 28.8 Å². The molecule has 0 radical (unpaired) electrons. The molecule has 0 bridgehead atoms. The summed E-state index contributed by atoms with van der Waals surface area (Å²) in [6, 6.07) is 7.25. The molecule has 6 heteroatoms. The number of amides is 1. The van der Waals surface area contributed by atoms with Crippen molar-refractivity contribution in [3.05, 3.63) is 30.2 Å². The van der Waals surface area contributed by atoms with Crippen LogP contribution in [-0.2, 0) is 9.53 Å². The molecule has 1 N–H and O–H groups in total. The van der Waals surface area contributed by atoms with Gasteiger partial charge in [-0.3, -0.25) is 4.79 Å². The maximum atomic E-state index is 12.2. The van der Waals surface area contributed by atoms with Gasteiger partial charge in [0.2, 0.25) is 11.8 Å². The third-order valence-electron chi connectivity index (χ3n) is 2.99. The van der Waals surface area contributed by atoms with Gasteiger partial charge in [0.25, 0.3) is 5.91 Å². The Morgan fingerprint density at radius 1 is 1.30 bits per heavy atom. The van der Waals surface area contributed by atoms with Crippen LogP contribution >= 0.6 is 0 Å². The fourth-order valence-corrected chi connectivity index (χ4v) is 1.55. The number of hydrogen-bond acceptors (Lipinski definition) is 5. The molecule has 0 saturated carbocycles. The predicted octanol–water partition coefficient (Wildman–Crippen LogP) is 2.41. The van der Waals surface area contributed by atoms with Crippen LogP contribution < -0.4 is 5.32 Å². The minimum atomic E-state index is -0.919. The van der Waals surface area contributed by atoms with E-state index in [4.69, 9.17) is 9.15 Å². The molecule has 2 rings (SSSR count). The number of anilines is 1. The van der Waals surface area contributed by atoms with Crippen molar-refractivity contribution in [3.8, 4) is 11.5 Å². The van der Waals surface area contributed by atoms with E-state index in [0.29, 0.717) is 23.0 Å². The SMILES string of the molecule is COC(C)(C)C(=O)Nc1ccccc1-c1nnc(C)o1. The van der Waals surface area contributed by atoms with E-state index in [1.54, 1.807) is 26.8 Å². The van der Waals surface area contributed by atoms with Gasteiger partial charge >= 0.3 is 0 Å². The van der Waals surface area contributed by atoms with Gasteiger partial charge in [0.15, 0.2) is 0 Å². The Morgan fingerprint density at radius 2 is 2.00 bits per heavy atom. The van der Waals surface area contributed by atoms with E-state index < -0.39 is 5.60 Å². The zero-order valence-corrected chi connectivity index (χ0v) is 11.9. The third kappa shape index (κ3) is 2.85. The van der Waals surface area contributed by atoms with Crippen LogP contribution in [0.5, 0.6) is 0 Å². The molecule has 1 amide bonds. The quantitative estimate of drug-likeness (QED) is 0.927. The van der Waals surface area contributed by atoms with Crippen molar-refractivity contribution in [2.45, 2.75) is 26.4 Å². The van der Waals surface area contributed by atoms with E-state index >= 15 is 0 Å². The van der Waals surface area contributed by atoms with Gasteiger partial charge in [0, 0.05) is 14.0 Å². The van der Waals surface area contributed by atoms with Crippen LogP contribution in [0.15, 0.2) is 28.7 Å². The summed E-state index contributed by atoms with van der Waals surface area (Å²) < 4.78 is 10.6. The third-order valence-corrected chi connectivity index (χ3v) is 2.99. The number of methoxy groups -OCH3 is 1. The molecule has 0 aliphatic heterocycles. The molecule has 1 heterocycles. The van der Waals surface area contributed by atoms with Gasteiger partial charge in [0.05, 0.1) is 11.3 Å². The first kappa shape index (κ1) is 14.2. The monoisotopic (exact) mass is 275 g/mol. The lowest BCUT2D eigenvalue weighted by Crippen LogP contribution is -2.38. The second kappa shape index (κ2) is 5.42. The molecule has 2 aromatic rings. The lowest BCUT2D eigenvalue weighted by atomic mass is 10.1. The summed E-state index contributed by atoms with van der Waals surface area (Å²) in [5.41, 5.74) is 0.359. The summed E-state index contributed by atoms with van der Waals surface area (Å²) in [6.07, 6.45) is 0. The van der Waals surface area contributed by atoms with Gasteiger partial charge in [-0.2, -0.15) is 0 Å². The molecule has 0 saturated heterocycles. The largest absolute Gasteiger partial charge is 0.421 e. The van der Waals surface area contributed by atoms with Gasteiger partial charge in [-0.05, 0) is 26.0 Å². The van der Waals surface area contributed by atoms with E-state index in [1.165, 1.54) is 7.11 Å². The first-order chi connectivity index (χ1) is 9.44. The average Bonchev–Trinajstić information content (AvgIpc) is 2.85. The maximum Gasteiger partial charge on any atom is 0.256 e. The Bertz CT molecular complexity index is 620. The normalized spacial score (nSPS) is 11.4. The minimum absolute atomic E-state index is 0.247. The number of rotatable bonds is 4. The fourth-order valence-electron chi connectivity index (χ4n) is 1.55. The number of benzene rings is 1. The number of carbonyl (C=O) groups is 1. The fraction of sp³-hybridized carbons (Fsp3) is 0.357. The van der Waals surface area contributed by atoms with Crippen LogP contribution in [0, 0.1) is 6.92 Å². The number of hydrogen-bond donors (Lipinski definition) is 1. The van der Waals surface area contributed by atoms with Crippen molar-refractivity contribution in [3.63, 3.8) is 0 Å². The molecule has 0 unspecified atom stereocenters. The van der Waals surface area contributed by atoms with E-state index in [0.717, 1.165) is 0 Å². The van der Waals surface area contributed by atoms with E-state index in [2.05, 4.69) is 15.5 Å². The van der Waals surface area contributed by atoms with E-state index in [-0.39, 0.29) is 5.91 Å². The Morgan fingerprint density at radius 3 is 2.60 bits per heavy atom. The van der Waals surface area contributed by atoms with Crippen LogP contribution in [0.1, 0.15) is 19.7 Å². The van der Waals surface area contributed by atoms with Crippen molar-refractivity contribution in [2.75, 3.05) is 12.4 Å². The molecule has 0 spiro atoms. The van der Waals surface area contributed by atoms with E-state index in [9.17, 15) is 4.79 Å². The molecule has 6 nitrogen and oxygen atoms in total. The van der Waals surface area contributed by atoms with E-state index in [1.807, 2.05) is 18.2 Å². The van der Waals surface area contributed by atoms with Gasteiger partial charge < -0.3 is 14.5 Å². The topological polar surface area (TPSA) is 77.2 Å². The minimum Gasteiger partial charge on any atom is -0.421 e. The number of carbonyl (C=O) groups excluding carboxylic acids is 1. The number of nitrogens with one attached hydrogen (secondary N) is 1. The second-order valence-corrected chi connectivity index (χ2v) is 4.84. The van der Waals surface area contributed by atoms with Crippen molar-refractivity contribution in [2.24, 2.45) is 0 Å². The molecule has 1 aromatic carbocycles. The number of ether oxygens (including phenoxy) is 1. The summed E-state index contributed by atoms with van der Waals surface area (Å²) >= 11 is 0. The molecule has 0 aliphatic rings. The number of para-hydroxylation sites is 1. The van der Waals surface area contributed by atoms with Crippen LogP contribution in [0.3, 0.4) is 0 Å². The number of aryl methyl sites for hydroxylation is 1. The van der Waals surface area contributed by atoms with Crippen LogP contribution in [0.4, 0.5) is 5.69 Å². The molecule has 0 aliphatic carbocycles. The highest BCUT2D eigenvalue weighted by molar-refractivity contribution is 5.99. The Balaban J connectivity index is 2.32. The zero-order valence-electron chi connectivity index (χ0n) is 11.9. The molecular formula is C14H17N3O3. The lowest BCUT2D eigenvalue weighted by Gasteiger charge is -2.22. The smallest absolute Gasteiger partial charge is 0.256 e. The molecule has 106 valence electrons. The second-order valence-electron chi connectivity index (χ2n) is 4.84. The maximum absolute atomic E-state index is 12.2. The molecule has 20 heavy (non-hydrogen) atoms. The lowest BCUT2D eigenvalue weighted by molar-refractivity contribution is -0.133. The van der Waals surface area contributed by atoms with Gasteiger partial charge in [-0.1, -0.05) is 12.1 Å². The van der Waals surface area contributed by atoms with Gasteiger partial charge in [0.1, 0.15) is 5.60 Å². The Labute approximate surface area is 117 Å². The predicted molar refractivity (Wildman–Crippen MR) is 74.2 cm³/mol. The van der Waals surface area contributed by atoms with Crippen molar-refractivity contribution in [1.29, 1.82) is 0 Å². The molecule has 0 fully saturated rings. The van der Waals surface area contributed by atoms with Crippen LogP contribution in [0.2, 0.25) is 0 Å². The molecule has 1 aromatic heterocycles. The van der Waals surface area contributed by atoms with Crippen molar-refractivity contribution >= 4 is 11.6 Å². The molecular weight excluding hydrogens is 258 g/mol. The summed E-state index contributed by atoms with van der Waals surface area (Å²) in [4.78, 5) is 12.2. The summed E-state index contributed by atoms with van der Waals surface area (Å²) in [6.45, 7) is 5.11. The first-order valence-corrected chi connectivity index (χ1v) is 6.20. The van der Waals surface area contributed by atoms with Crippen LogP contribution in [0.25, 0.3) is 11.5 Å². The summed E-state index contributed by atoms with van der Waals surface area (Å²) in [5.74, 6) is 0.593. The van der Waals surface area contributed by atoms with Gasteiger partial charge in [-0.25, -0.2) is 0 Å². The zero-order chi connectivity index (χ0) is 14.8. The Kier molecular flexibility index (Phi) is 3.85. The summed E-state index contributed by atoms with van der Waals surface area (Å²) in [5, 5.41) is 10.6. The van der Waals surface area contributed by atoms with Crippen molar-refractivity contribution < 1.29 is 13.9 Å². The standard InChI is InChI=1S/C14H17N3O3/c1-9-16-17-12(20-9)10-7-5-6-8-11(10)15-13(18)14(2,3)19-4/h5-8H,1-4H3,(H,15,18).